The van der Waals surface area contributed by atoms with Gasteiger partial charge in [-0.15, -0.1) is 11.3 Å². The number of nitrogens with one attached hydrogen (secondary N) is 1. The highest BCUT2D eigenvalue weighted by Gasteiger charge is 2.31. The Hall–Kier alpha value is -4.79. The molecule has 5 rings (SSSR count). The van der Waals surface area contributed by atoms with Crippen molar-refractivity contribution < 1.29 is 26.8 Å². The standard InChI is InChI=1S/C29H17ClF3N3O4S/c30-23-10-8-17(29(31,32)33)13-21(23)24-11-9-19(40-24)14-25-27(38)36(18-5-2-1-3-6-18)28(41-25)22(15-34)26(37)35-16-20-7-4-12-39-20/h1-14H,16H2,(H,35,37). The molecule has 206 valence electrons. The molecule has 1 amide bonds. The van der Waals surface area contributed by atoms with Crippen molar-refractivity contribution in [3.05, 3.63) is 121 Å². The fourth-order valence-corrected chi connectivity index (χ4v) is 5.21. The van der Waals surface area contributed by atoms with E-state index in [4.69, 9.17) is 20.4 Å². The molecule has 0 aliphatic heterocycles. The zero-order valence-electron chi connectivity index (χ0n) is 20.7. The first-order chi connectivity index (χ1) is 19.7. The summed E-state index contributed by atoms with van der Waals surface area (Å²) in [5.41, 5.74) is -1.26. The summed E-state index contributed by atoms with van der Waals surface area (Å²) in [7, 11) is 0. The van der Waals surface area contributed by atoms with Crippen molar-refractivity contribution >= 4 is 40.5 Å². The molecule has 5 aromatic rings. The number of nitrogens with zero attached hydrogens (tertiary/aromatic N) is 2. The van der Waals surface area contributed by atoms with E-state index in [1.165, 1.54) is 29.0 Å². The summed E-state index contributed by atoms with van der Waals surface area (Å²) >= 11 is 7.03. The van der Waals surface area contributed by atoms with Gasteiger partial charge < -0.3 is 14.2 Å². The quantitative estimate of drug-likeness (QED) is 0.289. The molecular formula is C29H17ClF3N3O4S. The van der Waals surface area contributed by atoms with Gasteiger partial charge in [0, 0.05) is 11.6 Å². The van der Waals surface area contributed by atoms with E-state index in [1.807, 2.05) is 6.07 Å². The first-order valence-corrected chi connectivity index (χ1v) is 13.1. The number of alkyl halides is 3. The number of carbonyl (C=O) groups excluding carboxylic acids is 1. The Balaban J connectivity index is 1.61. The van der Waals surface area contributed by atoms with Gasteiger partial charge in [0.25, 0.3) is 11.5 Å². The minimum atomic E-state index is -4.57. The van der Waals surface area contributed by atoms with Crippen LogP contribution in [0.2, 0.25) is 5.02 Å². The molecule has 0 aliphatic rings. The van der Waals surface area contributed by atoms with E-state index < -0.39 is 23.2 Å². The molecule has 3 aromatic heterocycles. The Morgan fingerprint density at radius 1 is 1.10 bits per heavy atom. The molecule has 0 saturated carbocycles. The van der Waals surface area contributed by atoms with Crippen molar-refractivity contribution in [1.82, 2.24) is 9.88 Å². The lowest BCUT2D eigenvalue weighted by Gasteiger charge is -2.09. The topological polar surface area (TPSA) is 101 Å². The predicted octanol–water partition coefficient (Wildman–Crippen LogP) is 5.24. The molecule has 0 saturated heterocycles. The van der Waals surface area contributed by atoms with Gasteiger partial charge in [-0.1, -0.05) is 29.8 Å². The molecule has 0 aliphatic carbocycles. The van der Waals surface area contributed by atoms with Crippen LogP contribution in [0.5, 0.6) is 0 Å². The Morgan fingerprint density at radius 3 is 2.56 bits per heavy atom. The maximum Gasteiger partial charge on any atom is 0.416 e. The van der Waals surface area contributed by atoms with E-state index in [1.54, 1.807) is 42.5 Å². The van der Waals surface area contributed by atoms with E-state index >= 15 is 0 Å². The van der Waals surface area contributed by atoms with Crippen LogP contribution in [-0.4, -0.2) is 10.5 Å². The second-order valence-corrected chi connectivity index (χ2v) is 9.97. The molecular weight excluding hydrogens is 579 g/mol. The number of furan rings is 2. The maximum atomic E-state index is 13.6. The molecule has 0 unspecified atom stereocenters. The molecule has 0 fully saturated rings. The van der Waals surface area contributed by atoms with Crippen LogP contribution in [0, 0.1) is 11.3 Å². The number of rotatable bonds is 6. The molecule has 2 aromatic carbocycles. The average Bonchev–Trinajstić information content (AvgIpc) is 3.70. The number of para-hydroxylation sites is 1. The number of thiazole rings is 1. The summed E-state index contributed by atoms with van der Waals surface area (Å²) in [5.74, 6) is -0.0138. The average molecular weight is 596 g/mol. The largest absolute Gasteiger partial charge is 0.467 e. The molecule has 0 atom stereocenters. The van der Waals surface area contributed by atoms with Crippen molar-refractivity contribution in [3.8, 4) is 23.1 Å². The van der Waals surface area contributed by atoms with E-state index in [9.17, 15) is 28.0 Å². The van der Waals surface area contributed by atoms with Gasteiger partial charge in [0.15, 0.2) is 5.57 Å². The van der Waals surface area contributed by atoms with Crippen molar-refractivity contribution in [2.24, 2.45) is 0 Å². The van der Waals surface area contributed by atoms with E-state index in [-0.39, 0.29) is 43.4 Å². The monoisotopic (exact) mass is 595 g/mol. The SMILES string of the molecule is N#CC(C(=O)NCc1ccco1)=c1sc(=Cc2ccc(-c3cc(C(F)(F)F)ccc3Cl)o2)c(=O)n1-c1ccccc1. The fraction of sp³-hybridized carbons (Fsp3) is 0.0690. The van der Waals surface area contributed by atoms with Gasteiger partial charge in [0.2, 0.25) is 0 Å². The molecule has 3 heterocycles. The summed E-state index contributed by atoms with van der Waals surface area (Å²) in [6, 6.07) is 19.5. The van der Waals surface area contributed by atoms with Crippen LogP contribution in [-0.2, 0) is 17.5 Å². The number of carbonyl (C=O) groups is 1. The van der Waals surface area contributed by atoms with Gasteiger partial charge in [-0.25, -0.2) is 0 Å². The van der Waals surface area contributed by atoms with E-state index in [0.717, 1.165) is 29.5 Å². The number of benzene rings is 2. The van der Waals surface area contributed by atoms with Gasteiger partial charge in [-0.3, -0.25) is 14.2 Å². The highest BCUT2D eigenvalue weighted by atomic mass is 35.5. The minimum absolute atomic E-state index is 0.0306. The predicted molar refractivity (Wildman–Crippen MR) is 146 cm³/mol. The van der Waals surface area contributed by atoms with Crippen LogP contribution in [0.25, 0.3) is 28.7 Å². The van der Waals surface area contributed by atoms with E-state index in [2.05, 4.69) is 5.32 Å². The first kappa shape index (κ1) is 27.8. The molecule has 1 N–H and O–H groups in total. The third-order valence-electron chi connectivity index (χ3n) is 5.85. The Morgan fingerprint density at radius 2 is 1.88 bits per heavy atom. The normalized spacial score (nSPS) is 12.7. The summed E-state index contributed by atoms with van der Waals surface area (Å²) in [6.45, 7) is 0.0320. The minimum Gasteiger partial charge on any atom is -0.467 e. The smallest absolute Gasteiger partial charge is 0.416 e. The van der Waals surface area contributed by atoms with Gasteiger partial charge in [-0.2, -0.15) is 18.4 Å². The Labute approximate surface area is 238 Å². The first-order valence-electron chi connectivity index (χ1n) is 11.9. The van der Waals surface area contributed by atoms with Gasteiger partial charge in [-0.05, 0) is 54.6 Å². The van der Waals surface area contributed by atoms with Crippen molar-refractivity contribution in [2.45, 2.75) is 12.7 Å². The second kappa shape index (κ2) is 11.4. The maximum absolute atomic E-state index is 13.6. The number of aromatic nitrogens is 1. The lowest BCUT2D eigenvalue weighted by atomic mass is 10.1. The summed E-state index contributed by atoms with van der Waals surface area (Å²) in [5, 5.41) is 12.6. The van der Waals surface area contributed by atoms with Crippen LogP contribution in [0.15, 0.2) is 92.7 Å². The van der Waals surface area contributed by atoms with E-state index in [0.29, 0.717) is 11.4 Å². The zero-order chi connectivity index (χ0) is 29.1. The van der Waals surface area contributed by atoms with Crippen LogP contribution in [0.1, 0.15) is 17.1 Å². The second-order valence-electron chi connectivity index (χ2n) is 8.54. The van der Waals surface area contributed by atoms with Crippen LogP contribution >= 0.6 is 22.9 Å². The molecule has 0 spiro atoms. The fourth-order valence-electron chi connectivity index (χ4n) is 3.92. The summed E-state index contributed by atoms with van der Waals surface area (Å²) in [6.07, 6.45) is -1.74. The molecule has 0 bridgehead atoms. The molecule has 0 radical (unpaired) electrons. The number of hydrogen-bond donors (Lipinski definition) is 1. The Bertz CT molecular complexity index is 1950. The number of halogens is 4. The third kappa shape index (κ3) is 5.89. The molecule has 7 nitrogen and oxygen atoms in total. The molecule has 12 heteroatoms. The van der Waals surface area contributed by atoms with Crippen LogP contribution in [0.3, 0.4) is 0 Å². The summed E-state index contributed by atoms with van der Waals surface area (Å²) < 4.78 is 52.1. The van der Waals surface area contributed by atoms with Crippen LogP contribution in [0.4, 0.5) is 13.2 Å². The number of hydrogen-bond acceptors (Lipinski definition) is 6. The lowest BCUT2D eigenvalue weighted by molar-refractivity contribution is -0.137. The number of amides is 1. The van der Waals surface area contributed by atoms with Crippen molar-refractivity contribution in [3.63, 3.8) is 0 Å². The van der Waals surface area contributed by atoms with Crippen molar-refractivity contribution in [1.29, 1.82) is 5.26 Å². The highest BCUT2D eigenvalue weighted by Crippen LogP contribution is 2.36. The highest BCUT2D eigenvalue weighted by molar-refractivity contribution is 7.07. The third-order valence-corrected chi connectivity index (χ3v) is 7.28. The van der Waals surface area contributed by atoms with Gasteiger partial charge in [0.1, 0.15) is 28.0 Å². The number of nitriles is 1. The molecule has 41 heavy (non-hydrogen) atoms. The zero-order valence-corrected chi connectivity index (χ0v) is 22.3. The van der Waals surface area contributed by atoms with Crippen molar-refractivity contribution in [2.75, 3.05) is 0 Å². The van der Waals surface area contributed by atoms with Crippen LogP contribution < -0.4 is 20.1 Å². The Kier molecular flexibility index (Phi) is 7.70. The van der Waals surface area contributed by atoms with Gasteiger partial charge in [0.05, 0.1) is 33.6 Å². The summed E-state index contributed by atoms with van der Waals surface area (Å²) in [4.78, 5) is 26.5. The van der Waals surface area contributed by atoms with Gasteiger partial charge >= 0.3 is 6.18 Å². The lowest BCUT2D eigenvalue weighted by Crippen LogP contribution is -2.33.